The molecule has 4 nitrogen and oxygen atoms in total. The molecule has 0 aliphatic heterocycles. The number of nitrogens with zero attached hydrogens (tertiary/aromatic N) is 3. The monoisotopic (exact) mass is 541 g/mol. The fraction of sp³-hybridized carbons (Fsp3) is 0.0789. The van der Waals surface area contributed by atoms with Gasteiger partial charge in [-0.05, 0) is 65.8 Å². The normalized spacial score (nSPS) is 12.6. The standard InChI is InChI=1S/C38H27N3O/c1-24-22-32(35-31-18-10-11-19-33(31)42-34(35)23-24)29-20-21-30(28-17-9-8-16-27(28)29)38-40-36(25-12-4-2-5-13-25)39-37(41-38)26-14-6-3-7-15-26/h2-7,9-15,17-23H,8,16H2,1H3. The van der Waals surface area contributed by atoms with Gasteiger partial charge in [0.15, 0.2) is 17.5 Å². The largest absolute Gasteiger partial charge is 0.456 e. The molecule has 0 atom stereocenters. The van der Waals surface area contributed by atoms with Crippen molar-refractivity contribution in [1.82, 2.24) is 15.0 Å². The number of allylic oxidation sites excluding steroid dienone is 1. The lowest BCUT2D eigenvalue weighted by molar-refractivity contribution is 0.668. The first-order valence-electron chi connectivity index (χ1n) is 14.3. The van der Waals surface area contributed by atoms with E-state index in [9.17, 15) is 0 Å². The predicted molar refractivity (Wildman–Crippen MR) is 171 cm³/mol. The van der Waals surface area contributed by atoms with Crippen LogP contribution in [0, 0.1) is 6.92 Å². The van der Waals surface area contributed by atoms with Crippen LogP contribution < -0.4 is 0 Å². The highest BCUT2D eigenvalue weighted by Crippen LogP contribution is 2.42. The predicted octanol–water partition coefficient (Wildman–Crippen LogP) is 9.71. The van der Waals surface area contributed by atoms with Gasteiger partial charge >= 0.3 is 0 Å². The van der Waals surface area contributed by atoms with E-state index in [2.05, 4.69) is 55.5 Å². The molecule has 1 aliphatic carbocycles. The minimum Gasteiger partial charge on any atom is -0.456 e. The Morgan fingerprint density at radius 1 is 0.595 bits per heavy atom. The number of hydrogen-bond acceptors (Lipinski definition) is 4. The number of benzene rings is 5. The van der Waals surface area contributed by atoms with Gasteiger partial charge in [-0.25, -0.2) is 15.0 Å². The minimum absolute atomic E-state index is 0.669. The fourth-order valence-corrected chi connectivity index (χ4v) is 6.13. The summed E-state index contributed by atoms with van der Waals surface area (Å²) in [5.74, 6) is 2.02. The number of para-hydroxylation sites is 1. The third-order valence-electron chi connectivity index (χ3n) is 8.06. The van der Waals surface area contributed by atoms with E-state index in [0.29, 0.717) is 17.5 Å². The van der Waals surface area contributed by atoms with Crippen molar-refractivity contribution < 1.29 is 4.42 Å². The smallest absolute Gasteiger partial charge is 0.164 e. The van der Waals surface area contributed by atoms with Crippen molar-refractivity contribution in [2.24, 2.45) is 0 Å². The molecular formula is C38H27N3O. The number of aryl methyl sites for hydroxylation is 1. The highest BCUT2D eigenvalue weighted by atomic mass is 16.3. The Morgan fingerprint density at radius 3 is 1.98 bits per heavy atom. The zero-order valence-electron chi connectivity index (χ0n) is 23.2. The molecule has 0 amide bonds. The van der Waals surface area contributed by atoms with E-state index in [1.54, 1.807) is 0 Å². The second-order valence-corrected chi connectivity index (χ2v) is 10.8. The van der Waals surface area contributed by atoms with Crippen LogP contribution in [0.5, 0.6) is 0 Å². The maximum absolute atomic E-state index is 6.30. The number of aromatic nitrogens is 3. The summed E-state index contributed by atoms with van der Waals surface area (Å²) in [6, 6.07) is 37.4. The SMILES string of the molecule is Cc1cc(-c2ccc(-c3nc(-c4ccccc4)nc(-c4ccccc4)n3)c3c2CCC=C3)c2c(c1)oc1ccccc12. The van der Waals surface area contributed by atoms with Crippen LogP contribution in [0.1, 0.15) is 23.1 Å². The van der Waals surface area contributed by atoms with Crippen molar-refractivity contribution in [3.63, 3.8) is 0 Å². The average molecular weight is 542 g/mol. The first kappa shape index (κ1) is 24.4. The van der Waals surface area contributed by atoms with Crippen molar-refractivity contribution in [3.8, 4) is 45.3 Å². The van der Waals surface area contributed by atoms with Crippen molar-refractivity contribution in [2.75, 3.05) is 0 Å². The molecule has 0 fully saturated rings. The quantitative estimate of drug-likeness (QED) is 0.223. The van der Waals surface area contributed by atoms with Crippen LogP contribution in [0.2, 0.25) is 0 Å². The highest BCUT2D eigenvalue weighted by Gasteiger charge is 2.22. The Balaban J connectivity index is 1.37. The average Bonchev–Trinajstić information content (AvgIpc) is 3.43. The Kier molecular flexibility index (Phi) is 5.78. The van der Waals surface area contributed by atoms with E-state index >= 15 is 0 Å². The van der Waals surface area contributed by atoms with Crippen LogP contribution in [0.3, 0.4) is 0 Å². The lowest BCUT2D eigenvalue weighted by Gasteiger charge is -2.20. The van der Waals surface area contributed by atoms with E-state index in [1.807, 2.05) is 72.8 Å². The molecule has 8 rings (SSSR count). The van der Waals surface area contributed by atoms with Gasteiger partial charge in [-0.3, -0.25) is 0 Å². The Bertz CT molecular complexity index is 2090. The third-order valence-corrected chi connectivity index (χ3v) is 8.06. The van der Waals surface area contributed by atoms with E-state index in [4.69, 9.17) is 19.4 Å². The topological polar surface area (TPSA) is 51.8 Å². The van der Waals surface area contributed by atoms with Gasteiger partial charge in [0.05, 0.1) is 0 Å². The van der Waals surface area contributed by atoms with Gasteiger partial charge in [0.25, 0.3) is 0 Å². The summed E-state index contributed by atoms with van der Waals surface area (Å²) in [6.07, 6.45) is 6.44. The summed E-state index contributed by atoms with van der Waals surface area (Å²) in [4.78, 5) is 15.0. The maximum atomic E-state index is 6.30. The molecular weight excluding hydrogens is 514 g/mol. The molecule has 0 spiro atoms. The maximum Gasteiger partial charge on any atom is 0.164 e. The summed E-state index contributed by atoms with van der Waals surface area (Å²) in [5.41, 5.74) is 10.9. The van der Waals surface area contributed by atoms with E-state index in [1.165, 1.54) is 33.2 Å². The lowest BCUT2D eigenvalue weighted by atomic mass is 9.84. The zero-order valence-corrected chi connectivity index (χ0v) is 23.2. The van der Waals surface area contributed by atoms with Gasteiger partial charge in [-0.15, -0.1) is 0 Å². The first-order valence-corrected chi connectivity index (χ1v) is 14.3. The van der Waals surface area contributed by atoms with Crippen LogP contribution in [-0.2, 0) is 6.42 Å². The molecule has 5 aromatic carbocycles. The van der Waals surface area contributed by atoms with Crippen molar-refractivity contribution in [2.45, 2.75) is 19.8 Å². The highest BCUT2D eigenvalue weighted by molar-refractivity contribution is 6.13. The van der Waals surface area contributed by atoms with Gasteiger partial charge in [0, 0.05) is 27.5 Å². The second-order valence-electron chi connectivity index (χ2n) is 10.8. The number of rotatable bonds is 4. The Labute approximate surface area is 244 Å². The van der Waals surface area contributed by atoms with Gasteiger partial charge in [-0.1, -0.05) is 103 Å². The van der Waals surface area contributed by atoms with Crippen molar-refractivity contribution in [1.29, 1.82) is 0 Å². The van der Waals surface area contributed by atoms with Gasteiger partial charge in [-0.2, -0.15) is 0 Å². The zero-order chi connectivity index (χ0) is 28.0. The van der Waals surface area contributed by atoms with Crippen molar-refractivity contribution >= 4 is 28.0 Å². The summed E-state index contributed by atoms with van der Waals surface area (Å²) in [7, 11) is 0. The molecule has 42 heavy (non-hydrogen) atoms. The second kappa shape index (κ2) is 9.93. The molecule has 0 bridgehead atoms. The van der Waals surface area contributed by atoms with Gasteiger partial charge < -0.3 is 4.42 Å². The third kappa shape index (κ3) is 4.11. The molecule has 0 N–H and O–H groups in total. The summed E-state index contributed by atoms with van der Waals surface area (Å²) >= 11 is 0. The first-order chi connectivity index (χ1) is 20.7. The van der Waals surface area contributed by atoms with Crippen LogP contribution in [0.25, 0.3) is 73.3 Å². The summed E-state index contributed by atoms with van der Waals surface area (Å²) < 4.78 is 6.30. The summed E-state index contributed by atoms with van der Waals surface area (Å²) in [5, 5.41) is 2.31. The minimum atomic E-state index is 0.669. The molecule has 7 aromatic rings. The van der Waals surface area contributed by atoms with E-state index in [-0.39, 0.29) is 0 Å². The number of hydrogen-bond donors (Lipinski definition) is 0. The molecule has 200 valence electrons. The lowest BCUT2D eigenvalue weighted by Crippen LogP contribution is -2.05. The number of fused-ring (bicyclic) bond motifs is 4. The molecule has 0 radical (unpaired) electrons. The molecule has 4 heteroatoms. The molecule has 2 aromatic heterocycles. The van der Waals surface area contributed by atoms with E-state index in [0.717, 1.165) is 46.1 Å². The number of furan rings is 1. The Morgan fingerprint density at radius 2 is 1.24 bits per heavy atom. The molecule has 0 saturated carbocycles. The van der Waals surface area contributed by atoms with Crippen LogP contribution in [0.15, 0.2) is 120 Å². The van der Waals surface area contributed by atoms with Crippen LogP contribution in [0.4, 0.5) is 0 Å². The van der Waals surface area contributed by atoms with Crippen molar-refractivity contribution in [3.05, 3.63) is 132 Å². The Hall–Kier alpha value is -5.35. The molecule has 0 unspecified atom stereocenters. The van der Waals surface area contributed by atoms with E-state index < -0.39 is 0 Å². The van der Waals surface area contributed by atoms with Gasteiger partial charge in [0.2, 0.25) is 0 Å². The molecule has 2 heterocycles. The van der Waals surface area contributed by atoms with Crippen LogP contribution >= 0.6 is 0 Å². The van der Waals surface area contributed by atoms with Gasteiger partial charge in [0.1, 0.15) is 11.2 Å². The fourth-order valence-electron chi connectivity index (χ4n) is 6.13. The summed E-state index contributed by atoms with van der Waals surface area (Å²) in [6.45, 7) is 2.14. The molecule has 0 saturated heterocycles. The van der Waals surface area contributed by atoms with Crippen LogP contribution in [-0.4, -0.2) is 15.0 Å². The molecule has 1 aliphatic rings.